The standard InChI is InChI=1S/C15H30O/c1-7-8-12(2)9-14(16)10-13(3)11-15(4,5)6/h12-13H,7-11H2,1-6H3. The van der Waals surface area contributed by atoms with Crippen molar-refractivity contribution < 1.29 is 4.79 Å². The van der Waals surface area contributed by atoms with Crippen molar-refractivity contribution >= 4 is 5.78 Å². The molecule has 0 spiro atoms. The Hall–Kier alpha value is -0.330. The van der Waals surface area contributed by atoms with E-state index in [-0.39, 0.29) is 0 Å². The van der Waals surface area contributed by atoms with Gasteiger partial charge >= 0.3 is 0 Å². The van der Waals surface area contributed by atoms with E-state index in [0.29, 0.717) is 23.0 Å². The molecule has 16 heavy (non-hydrogen) atoms. The fourth-order valence-electron chi connectivity index (χ4n) is 2.57. The largest absolute Gasteiger partial charge is 0.300 e. The molecule has 0 bridgehead atoms. The van der Waals surface area contributed by atoms with Crippen molar-refractivity contribution in [3.05, 3.63) is 0 Å². The van der Waals surface area contributed by atoms with Crippen LogP contribution in [-0.2, 0) is 4.79 Å². The lowest BCUT2D eigenvalue weighted by atomic mass is 9.82. The zero-order valence-corrected chi connectivity index (χ0v) is 12.1. The summed E-state index contributed by atoms with van der Waals surface area (Å²) in [6.45, 7) is 13.3. The van der Waals surface area contributed by atoms with E-state index in [2.05, 4.69) is 41.5 Å². The van der Waals surface area contributed by atoms with Crippen LogP contribution in [0.4, 0.5) is 0 Å². The third-order valence-electron chi connectivity index (χ3n) is 2.89. The molecule has 1 nitrogen and oxygen atoms in total. The maximum absolute atomic E-state index is 11.8. The van der Waals surface area contributed by atoms with Gasteiger partial charge in [0.1, 0.15) is 5.78 Å². The molecule has 2 unspecified atom stereocenters. The Kier molecular flexibility index (Phi) is 6.94. The summed E-state index contributed by atoms with van der Waals surface area (Å²) >= 11 is 0. The molecular formula is C15H30O. The summed E-state index contributed by atoms with van der Waals surface area (Å²) in [5.41, 5.74) is 0.342. The molecule has 0 fully saturated rings. The first kappa shape index (κ1) is 15.7. The fraction of sp³-hybridized carbons (Fsp3) is 0.933. The highest BCUT2D eigenvalue weighted by atomic mass is 16.1. The molecule has 0 heterocycles. The first-order valence-corrected chi connectivity index (χ1v) is 6.76. The van der Waals surface area contributed by atoms with Crippen molar-refractivity contribution in [1.82, 2.24) is 0 Å². The highest BCUT2D eigenvalue weighted by Gasteiger charge is 2.18. The molecular weight excluding hydrogens is 196 g/mol. The van der Waals surface area contributed by atoms with Crippen molar-refractivity contribution in [3.63, 3.8) is 0 Å². The SMILES string of the molecule is CCCC(C)CC(=O)CC(C)CC(C)(C)C. The van der Waals surface area contributed by atoms with Gasteiger partial charge in [-0.3, -0.25) is 4.79 Å². The Bertz CT molecular complexity index is 200. The van der Waals surface area contributed by atoms with E-state index in [1.54, 1.807) is 0 Å². The molecule has 96 valence electrons. The van der Waals surface area contributed by atoms with E-state index in [1.165, 1.54) is 12.8 Å². The van der Waals surface area contributed by atoms with Gasteiger partial charge in [0.2, 0.25) is 0 Å². The van der Waals surface area contributed by atoms with E-state index >= 15 is 0 Å². The van der Waals surface area contributed by atoms with E-state index in [9.17, 15) is 4.79 Å². The lowest BCUT2D eigenvalue weighted by molar-refractivity contribution is -0.120. The molecule has 0 aliphatic rings. The summed E-state index contributed by atoms with van der Waals surface area (Å²) in [7, 11) is 0. The average Bonchev–Trinajstić information content (AvgIpc) is 1.98. The third-order valence-corrected chi connectivity index (χ3v) is 2.89. The van der Waals surface area contributed by atoms with Gasteiger partial charge in [0.05, 0.1) is 0 Å². The Balaban J connectivity index is 3.87. The maximum Gasteiger partial charge on any atom is 0.133 e. The highest BCUT2D eigenvalue weighted by Crippen LogP contribution is 2.26. The second kappa shape index (κ2) is 7.09. The van der Waals surface area contributed by atoms with E-state index in [1.807, 2.05) is 0 Å². The number of hydrogen-bond donors (Lipinski definition) is 0. The molecule has 0 saturated heterocycles. The van der Waals surface area contributed by atoms with Crippen LogP contribution in [0, 0.1) is 17.3 Å². The molecule has 2 atom stereocenters. The van der Waals surface area contributed by atoms with Gasteiger partial charge in [-0.1, -0.05) is 54.4 Å². The number of carbonyl (C=O) groups is 1. The van der Waals surface area contributed by atoms with Gasteiger partial charge in [-0.25, -0.2) is 0 Å². The van der Waals surface area contributed by atoms with Crippen molar-refractivity contribution in [2.45, 2.75) is 73.6 Å². The minimum Gasteiger partial charge on any atom is -0.300 e. The number of rotatable bonds is 7. The van der Waals surface area contributed by atoms with Gasteiger partial charge in [-0.05, 0) is 23.7 Å². The Morgan fingerprint density at radius 2 is 1.56 bits per heavy atom. The minimum absolute atomic E-state index is 0.342. The van der Waals surface area contributed by atoms with Gasteiger partial charge in [0, 0.05) is 12.8 Å². The van der Waals surface area contributed by atoms with E-state index < -0.39 is 0 Å². The second-order valence-electron chi connectivity index (χ2n) is 6.71. The number of Topliss-reactive ketones (excluding diaryl/α,β-unsaturated/α-hetero) is 1. The second-order valence-corrected chi connectivity index (χ2v) is 6.71. The molecule has 0 rings (SSSR count). The molecule has 0 aromatic carbocycles. The minimum atomic E-state index is 0.342. The van der Waals surface area contributed by atoms with Crippen LogP contribution in [0.2, 0.25) is 0 Å². The van der Waals surface area contributed by atoms with Crippen LogP contribution in [0.25, 0.3) is 0 Å². The fourth-order valence-corrected chi connectivity index (χ4v) is 2.57. The van der Waals surface area contributed by atoms with Gasteiger partial charge in [0.25, 0.3) is 0 Å². The zero-order valence-electron chi connectivity index (χ0n) is 12.1. The van der Waals surface area contributed by atoms with Crippen LogP contribution in [-0.4, -0.2) is 5.78 Å². The molecule has 0 aromatic rings. The molecule has 0 saturated carbocycles. The van der Waals surface area contributed by atoms with Gasteiger partial charge in [-0.15, -0.1) is 0 Å². The molecule has 0 N–H and O–H groups in total. The van der Waals surface area contributed by atoms with Crippen LogP contribution in [0.3, 0.4) is 0 Å². The van der Waals surface area contributed by atoms with Crippen LogP contribution in [0.15, 0.2) is 0 Å². The molecule has 0 amide bonds. The predicted molar refractivity (Wildman–Crippen MR) is 71.5 cm³/mol. The van der Waals surface area contributed by atoms with Crippen LogP contribution >= 0.6 is 0 Å². The predicted octanol–water partition coefficient (Wildman–Crippen LogP) is 4.84. The average molecular weight is 226 g/mol. The lowest BCUT2D eigenvalue weighted by Crippen LogP contribution is -2.15. The summed E-state index contributed by atoms with van der Waals surface area (Å²) in [6, 6.07) is 0. The number of ketones is 1. The zero-order chi connectivity index (χ0) is 12.8. The number of hydrogen-bond acceptors (Lipinski definition) is 1. The molecule has 0 aromatic heterocycles. The van der Waals surface area contributed by atoms with Gasteiger partial charge in [0.15, 0.2) is 0 Å². The molecule has 0 radical (unpaired) electrons. The van der Waals surface area contributed by atoms with E-state index in [0.717, 1.165) is 19.3 Å². The van der Waals surface area contributed by atoms with Crippen LogP contribution in [0.1, 0.15) is 73.6 Å². The van der Waals surface area contributed by atoms with Crippen molar-refractivity contribution in [2.24, 2.45) is 17.3 Å². The Morgan fingerprint density at radius 3 is 2.00 bits per heavy atom. The van der Waals surface area contributed by atoms with Crippen LogP contribution in [0.5, 0.6) is 0 Å². The van der Waals surface area contributed by atoms with Crippen molar-refractivity contribution in [3.8, 4) is 0 Å². The van der Waals surface area contributed by atoms with Crippen LogP contribution < -0.4 is 0 Å². The quantitative estimate of drug-likeness (QED) is 0.607. The highest BCUT2D eigenvalue weighted by molar-refractivity contribution is 5.78. The van der Waals surface area contributed by atoms with Crippen molar-refractivity contribution in [1.29, 1.82) is 0 Å². The smallest absolute Gasteiger partial charge is 0.133 e. The topological polar surface area (TPSA) is 17.1 Å². The van der Waals surface area contributed by atoms with Gasteiger partial charge < -0.3 is 0 Å². The Morgan fingerprint density at radius 1 is 1.06 bits per heavy atom. The molecule has 0 aliphatic heterocycles. The Labute approximate surface area is 102 Å². The monoisotopic (exact) mass is 226 g/mol. The molecule has 1 heteroatoms. The normalized spacial score (nSPS) is 15.9. The number of carbonyl (C=O) groups excluding carboxylic acids is 1. The van der Waals surface area contributed by atoms with Crippen molar-refractivity contribution in [2.75, 3.05) is 0 Å². The summed E-state index contributed by atoms with van der Waals surface area (Å²) in [6.07, 6.45) is 5.06. The maximum atomic E-state index is 11.8. The first-order valence-electron chi connectivity index (χ1n) is 6.76. The van der Waals surface area contributed by atoms with Gasteiger partial charge in [-0.2, -0.15) is 0 Å². The summed E-state index contributed by atoms with van der Waals surface area (Å²) < 4.78 is 0. The van der Waals surface area contributed by atoms with E-state index in [4.69, 9.17) is 0 Å². The third kappa shape index (κ3) is 8.94. The first-order chi connectivity index (χ1) is 7.24. The molecule has 0 aliphatic carbocycles. The lowest BCUT2D eigenvalue weighted by Gasteiger charge is -2.23. The summed E-state index contributed by atoms with van der Waals surface area (Å²) in [4.78, 5) is 11.8. The summed E-state index contributed by atoms with van der Waals surface area (Å²) in [5.74, 6) is 1.55. The summed E-state index contributed by atoms with van der Waals surface area (Å²) in [5, 5.41) is 0.